The van der Waals surface area contributed by atoms with Crippen LogP contribution in [0.2, 0.25) is 0 Å². The van der Waals surface area contributed by atoms with E-state index < -0.39 is 24.3 Å². The number of amides is 4. The summed E-state index contributed by atoms with van der Waals surface area (Å²) >= 11 is 0. The van der Waals surface area contributed by atoms with Crippen molar-refractivity contribution < 1.29 is 33.1 Å². The Bertz CT molecular complexity index is 2380. The Balaban J connectivity index is 1.10. The van der Waals surface area contributed by atoms with Gasteiger partial charge in [0.1, 0.15) is 35.1 Å². The molecule has 4 N–H and O–H groups in total. The molecule has 1 aliphatic carbocycles. The fraction of sp³-hybridized carbons (Fsp3) is 0.478. The molecule has 1 aliphatic heterocycles. The molecule has 0 spiro atoms. The summed E-state index contributed by atoms with van der Waals surface area (Å²) < 4.78 is 16.2. The van der Waals surface area contributed by atoms with E-state index in [2.05, 4.69) is 56.8 Å². The van der Waals surface area contributed by atoms with E-state index in [1.165, 1.54) is 25.3 Å². The van der Waals surface area contributed by atoms with Gasteiger partial charge in [0, 0.05) is 35.2 Å². The second-order valence-electron chi connectivity index (χ2n) is 16.8. The highest BCUT2D eigenvalue weighted by molar-refractivity contribution is 5.92. The number of likely N-dealkylation sites (tertiary alicyclic amines) is 1. The third-order valence-corrected chi connectivity index (χ3v) is 11.9. The minimum atomic E-state index is -0.717. The van der Waals surface area contributed by atoms with Crippen LogP contribution >= 0.6 is 0 Å². The Labute approximate surface area is 356 Å². The molecule has 0 radical (unpaired) electrons. The van der Waals surface area contributed by atoms with Crippen molar-refractivity contribution in [2.75, 3.05) is 27.3 Å². The number of imidazole rings is 2. The van der Waals surface area contributed by atoms with Crippen molar-refractivity contribution in [3.05, 3.63) is 71.6 Å². The topological polar surface area (TPSA) is 188 Å². The maximum absolute atomic E-state index is 13.7. The number of H-pyrrole nitrogens is 2. The van der Waals surface area contributed by atoms with Gasteiger partial charge in [0.15, 0.2) is 0 Å². The Morgan fingerprint density at radius 3 is 2.30 bits per heavy atom. The lowest BCUT2D eigenvalue weighted by molar-refractivity contribution is -0.136. The molecule has 7 rings (SSSR count). The zero-order valence-electron chi connectivity index (χ0n) is 36.2. The quantitative estimate of drug-likeness (QED) is 0.0862. The van der Waals surface area contributed by atoms with Gasteiger partial charge >= 0.3 is 12.2 Å². The monoisotopic (exact) mass is 834 g/mol. The molecular formula is C46H58N8O7. The maximum Gasteiger partial charge on any atom is 0.407 e. The molecule has 61 heavy (non-hydrogen) atoms. The van der Waals surface area contributed by atoms with Gasteiger partial charge in [-0.3, -0.25) is 9.59 Å². The first-order valence-electron chi connectivity index (χ1n) is 21.5. The molecule has 4 amide bonds. The molecule has 2 aromatic carbocycles. The number of alkyl carbamates (subject to hydrolysis) is 2. The summed E-state index contributed by atoms with van der Waals surface area (Å²) in [7, 11) is 2.58. The van der Waals surface area contributed by atoms with Crippen LogP contribution < -0.4 is 10.6 Å². The number of nitrogens with zero attached hydrogens (tertiary/aromatic N) is 4. The molecule has 15 heteroatoms. The highest BCUT2D eigenvalue weighted by Crippen LogP contribution is 2.42. The molecule has 3 aromatic heterocycles. The molecule has 4 heterocycles. The average Bonchev–Trinajstić information content (AvgIpc) is 4.08. The minimum absolute atomic E-state index is 0.115. The molecule has 1 fully saturated rings. The minimum Gasteiger partial charge on any atom is -0.456 e. The highest BCUT2D eigenvalue weighted by atomic mass is 16.5. The van der Waals surface area contributed by atoms with E-state index in [1.807, 2.05) is 57.1 Å². The first-order chi connectivity index (χ1) is 29.4. The number of unbranched alkanes of at least 4 members (excludes halogenated alkanes) is 1. The Morgan fingerprint density at radius 2 is 1.57 bits per heavy atom. The Morgan fingerprint density at radius 1 is 0.885 bits per heavy atom. The van der Waals surface area contributed by atoms with E-state index in [1.54, 1.807) is 4.90 Å². The van der Waals surface area contributed by atoms with Crippen molar-refractivity contribution in [2.24, 2.45) is 11.8 Å². The van der Waals surface area contributed by atoms with E-state index in [0.29, 0.717) is 18.9 Å². The molecule has 15 nitrogen and oxygen atoms in total. The number of hydrogen-bond acceptors (Lipinski definition) is 9. The van der Waals surface area contributed by atoms with Gasteiger partial charge in [-0.1, -0.05) is 53.2 Å². The molecule has 0 unspecified atom stereocenters. The average molecular weight is 835 g/mol. The van der Waals surface area contributed by atoms with Crippen LogP contribution in [0.3, 0.4) is 0 Å². The maximum atomic E-state index is 13.7. The normalized spacial score (nSPS) is 15.9. The summed E-state index contributed by atoms with van der Waals surface area (Å²) in [5.41, 5.74) is 7.93. The van der Waals surface area contributed by atoms with Crippen LogP contribution in [0.15, 0.2) is 53.2 Å². The SMILES string of the molecule is CCCCN(Cc1ncc(-c2ccc3c(c2)CCCc2c-3oc3ccc(-c4cnc([C@@H]5CCCN5C(=O)[C@@H](NC(=O)OC)C(C)C)[nH]4)cc23)[nH]1)C(=O)[C@@H](NC(=O)OC)C(C)C. The number of benzene rings is 2. The largest absolute Gasteiger partial charge is 0.456 e. The highest BCUT2D eigenvalue weighted by Gasteiger charge is 2.38. The van der Waals surface area contributed by atoms with Gasteiger partial charge in [0.25, 0.3) is 0 Å². The molecule has 2 aliphatic rings. The van der Waals surface area contributed by atoms with Crippen LogP contribution in [0.25, 0.3) is 44.8 Å². The Hall–Kier alpha value is -6.12. The summed E-state index contributed by atoms with van der Waals surface area (Å²) in [5, 5.41) is 6.48. The van der Waals surface area contributed by atoms with Gasteiger partial charge in [-0.15, -0.1) is 0 Å². The number of carbonyl (C=O) groups is 4. The van der Waals surface area contributed by atoms with E-state index in [0.717, 1.165) is 95.6 Å². The molecular weight excluding hydrogens is 777 g/mol. The van der Waals surface area contributed by atoms with Crippen LogP contribution in [0.1, 0.15) is 95.5 Å². The molecule has 0 saturated carbocycles. The zero-order valence-corrected chi connectivity index (χ0v) is 36.2. The predicted octanol–water partition coefficient (Wildman–Crippen LogP) is 7.92. The number of ether oxygens (including phenoxy) is 2. The lowest BCUT2D eigenvalue weighted by Crippen LogP contribution is -2.51. The van der Waals surface area contributed by atoms with Gasteiger partial charge < -0.3 is 44.3 Å². The third kappa shape index (κ3) is 9.15. The van der Waals surface area contributed by atoms with Gasteiger partial charge in [-0.25, -0.2) is 19.6 Å². The summed E-state index contributed by atoms with van der Waals surface area (Å²) in [6.45, 7) is 11.1. The second kappa shape index (κ2) is 18.7. The number of aromatic amines is 2. The zero-order chi connectivity index (χ0) is 43.4. The summed E-state index contributed by atoms with van der Waals surface area (Å²) in [5.74, 6) is 1.71. The summed E-state index contributed by atoms with van der Waals surface area (Å²) in [6, 6.07) is 11.0. The number of aromatic nitrogens is 4. The van der Waals surface area contributed by atoms with Gasteiger partial charge in [-0.2, -0.15) is 0 Å². The fourth-order valence-corrected chi connectivity index (χ4v) is 8.56. The van der Waals surface area contributed by atoms with Gasteiger partial charge in [0.05, 0.1) is 50.6 Å². The van der Waals surface area contributed by atoms with Crippen molar-refractivity contribution in [3.8, 4) is 33.8 Å². The number of furan rings is 1. The van der Waals surface area contributed by atoms with E-state index in [-0.39, 0.29) is 36.2 Å². The molecule has 324 valence electrons. The number of aryl methyl sites for hydroxylation is 2. The summed E-state index contributed by atoms with van der Waals surface area (Å²) in [4.78, 5) is 71.4. The lowest BCUT2D eigenvalue weighted by atomic mass is 9.98. The van der Waals surface area contributed by atoms with Crippen molar-refractivity contribution >= 4 is 35.0 Å². The predicted molar refractivity (Wildman–Crippen MR) is 231 cm³/mol. The van der Waals surface area contributed by atoms with E-state index >= 15 is 0 Å². The van der Waals surface area contributed by atoms with E-state index in [9.17, 15) is 19.2 Å². The number of fused-ring (bicyclic) bond motifs is 5. The number of hydrogen-bond donors (Lipinski definition) is 4. The van der Waals surface area contributed by atoms with Crippen molar-refractivity contribution in [3.63, 3.8) is 0 Å². The number of nitrogens with one attached hydrogen (secondary N) is 4. The van der Waals surface area contributed by atoms with Crippen LogP contribution in [0, 0.1) is 11.8 Å². The molecule has 0 bridgehead atoms. The number of methoxy groups -OCH3 is 2. The third-order valence-electron chi connectivity index (χ3n) is 11.9. The number of rotatable bonds is 14. The number of carbonyl (C=O) groups excluding carboxylic acids is 4. The second-order valence-corrected chi connectivity index (χ2v) is 16.8. The molecule has 1 saturated heterocycles. The van der Waals surface area contributed by atoms with Crippen LogP contribution in [0.4, 0.5) is 9.59 Å². The Kier molecular flexibility index (Phi) is 13.1. The van der Waals surface area contributed by atoms with Gasteiger partial charge in [-0.05, 0) is 85.8 Å². The smallest absolute Gasteiger partial charge is 0.407 e. The van der Waals surface area contributed by atoms with Crippen LogP contribution in [-0.4, -0.2) is 93.1 Å². The first-order valence-corrected chi connectivity index (χ1v) is 21.5. The van der Waals surface area contributed by atoms with Crippen molar-refractivity contribution in [2.45, 2.75) is 104 Å². The van der Waals surface area contributed by atoms with Crippen molar-refractivity contribution in [1.29, 1.82) is 0 Å². The standard InChI is InChI=1S/C46H58N8O7/c1-8-9-19-53(43(55)39(26(2)3)51-45(57)59-6)25-38-47-23-34(49-38)29-15-17-31-28(21-29)12-10-13-32-33-22-30(16-18-37(33)61-41(31)32)35-24-48-42(50-35)36-14-11-20-54(36)44(56)40(27(4)5)52-46(58)60-7/h15-18,21-24,26-27,36,39-40H,8-14,19-20,25H2,1-7H3,(H,47,49)(H,48,50)(H,51,57)(H,52,58)/t36-,39-,40-/m0/s1. The first kappa shape index (κ1) is 43.0. The summed E-state index contributed by atoms with van der Waals surface area (Å²) in [6.07, 6.45) is 8.42. The van der Waals surface area contributed by atoms with Crippen LogP contribution in [0.5, 0.6) is 0 Å². The van der Waals surface area contributed by atoms with Gasteiger partial charge in [0.2, 0.25) is 11.8 Å². The molecule has 3 atom stereocenters. The van der Waals surface area contributed by atoms with E-state index in [4.69, 9.17) is 18.9 Å². The fourth-order valence-electron chi connectivity index (χ4n) is 8.56. The molecule has 5 aromatic rings. The van der Waals surface area contributed by atoms with Crippen LogP contribution in [-0.2, 0) is 38.4 Å². The van der Waals surface area contributed by atoms with Crippen molar-refractivity contribution in [1.82, 2.24) is 40.4 Å². The lowest BCUT2D eigenvalue weighted by Gasteiger charge is -2.30.